The van der Waals surface area contributed by atoms with E-state index < -0.39 is 0 Å². The van der Waals surface area contributed by atoms with Crippen LogP contribution in [0.4, 0.5) is 0 Å². The second kappa shape index (κ2) is 5.47. The molecule has 0 saturated heterocycles. The molecule has 0 aromatic carbocycles. The fourth-order valence-corrected chi connectivity index (χ4v) is 0.996. The molecule has 0 aliphatic heterocycles. The van der Waals surface area contributed by atoms with Crippen LogP contribution in [0.25, 0.3) is 0 Å². The Morgan fingerprint density at radius 3 is 2.60 bits per heavy atom. The summed E-state index contributed by atoms with van der Waals surface area (Å²) in [6.07, 6.45) is 1.64. The minimum Gasteiger partial charge on any atom is -0.463 e. The van der Waals surface area contributed by atoms with E-state index in [2.05, 4.69) is 0 Å². The van der Waals surface area contributed by atoms with Crippen LogP contribution in [0.15, 0.2) is 0 Å². The second-order valence-electron chi connectivity index (χ2n) is 2.64. The summed E-state index contributed by atoms with van der Waals surface area (Å²) in [6.45, 7) is 3.75. The van der Waals surface area contributed by atoms with Crippen molar-refractivity contribution in [1.82, 2.24) is 0 Å². The number of carbonyl (C=O) groups excluding carboxylic acids is 1. The van der Waals surface area contributed by atoms with Crippen molar-refractivity contribution in [2.75, 3.05) is 0 Å². The third-order valence-corrected chi connectivity index (χ3v) is 1.81. The van der Waals surface area contributed by atoms with Gasteiger partial charge >= 0.3 is 5.97 Å². The molecular weight excluding hydrogens is 144 g/mol. The molecular formula is C7H16O2Si. The predicted octanol–water partition coefficient (Wildman–Crippen LogP) is 0.502. The van der Waals surface area contributed by atoms with Gasteiger partial charge in [-0.3, -0.25) is 4.79 Å². The van der Waals surface area contributed by atoms with E-state index in [-0.39, 0.29) is 12.1 Å². The Balaban J connectivity index is 3.26. The summed E-state index contributed by atoms with van der Waals surface area (Å²) in [6, 6.07) is 1.19. The molecule has 0 aromatic rings. The van der Waals surface area contributed by atoms with Gasteiger partial charge < -0.3 is 4.74 Å². The molecule has 2 nitrogen and oxygen atoms in total. The van der Waals surface area contributed by atoms with Crippen molar-refractivity contribution < 1.29 is 9.53 Å². The number of hydrogen-bond acceptors (Lipinski definition) is 2. The molecule has 0 fully saturated rings. The topological polar surface area (TPSA) is 26.3 Å². The first-order valence-electron chi connectivity index (χ1n) is 3.86. The lowest BCUT2D eigenvalue weighted by atomic mass is 10.3. The maximum absolute atomic E-state index is 10.8. The zero-order valence-electron chi connectivity index (χ0n) is 7.02. The molecule has 0 unspecified atom stereocenters. The molecule has 0 saturated carbocycles. The monoisotopic (exact) mass is 160 g/mol. The van der Waals surface area contributed by atoms with Gasteiger partial charge in [0.15, 0.2) is 0 Å². The Morgan fingerprint density at radius 1 is 1.60 bits per heavy atom. The van der Waals surface area contributed by atoms with Crippen LogP contribution < -0.4 is 0 Å². The first-order chi connectivity index (χ1) is 4.66. The Kier molecular flexibility index (Phi) is 5.30. The minimum atomic E-state index is -0.0501. The third kappa shape index (κ3) is 5.82. The Bertz CT molecular complexity index is 102. The number of rotatable bonds is 4. The molecule has 0 spiro atoms. The van der Waals surface area contributed by atoms with Gasteiger partial charge in [-0.15, -0.1) is 0 Å². The first kappa shape index (κ1) is 9.69. The van der Waals surface area contributed by atoms with Crippen molar-refractivity contribution in [3.63, 3.8) is 0 Å². The molecule has 0 atom stereocenters. The van der Waals surface area contributed by atoms with Crippen LogP contribution in [0, 0.1) is 0 Å². The highest BCUT2D eigenvalue weighted by molar-refractivity contribution is 6.08. The lowest BCUT2D eigenvalue weighted by molar-refractivity contribution is -0.147. The van der Waals surface area contributed by atoms with Crippen LogP contribution in [0.5, 0.6) is 0 Å². The Hall–Kier alpha value is -0.313. The highest BCUT2D eigenvalue weighted by Crippen LogP contribution is 1.98. The summed E-state index contributed by atoms with van der Waals surface area (Å²) >= 11 is 0. The molecule has 0 N–H and O–H groups in total. The van der Waals surface area contributed by atoms with Gasteiger partial charge in [-0.05, 0) is 20.3 Å². The summed E-state index contributed by atoms with van der Waals surface area (Å²) in [5.74, 6) is -0.0501. The number of carbonyl (C=O) groups is 1. The van der Waals surface area contributed by atoms with Gasteiger partial charge in [0.1, 0.15) is 0 Å². The van der Waals surface area contributed by atoms with Gasteiger partial charge in [-0.2, -0.15) is 0 Å². The lowest BCUT2D eigenvalue weighted by Gasteiger charge is -2.06. The number of ether oxygens (including phenoxy) is 1. The van der Waals surface area contributed by atoms with Crippen molar-refractivity contribution in [3.8, 4) is 0 Å². The van der Waals surface area contributed by atoms with Crippen LogP contribution in [0.3, 0.4) is 0 Å². The molecule has 0 rings (SSSR count). The Morgan fingerprint density at radius 2 is 2.20 bits per heavy atom. The molecule has 0 aliphatic carbocycles. The highest BCUT2D eigenvalue weighted by Gasteiger charge is 2.02. The van der Waals surface area contributed by atoms with Crippen LogP contribution >= 0.6 is 0 Å². The maximum atomic E-state index is 10.8. The summed E-state index contributed by atoms with van der Waals surface area (Å²) in [5.41, 5.74) is 0. The van der Waals surface area contributed by atoms with E-state index in [9.17, 15) is 4.79 Å². The Labute approximate surface area is 65.4 Å². The van der Waals surface area contributed by atoms with E-state index in [4.69, 9.17) is 4.74 Å². The van der Waals surface area contributed by atoms with Crippen LogP contribution in [0.2, 0.25) is 6.04 Å². The van der Waals surface area contributed by atoms with Crippen LogP contribution in [-0.4, -0.2) is 22.3 Å². The van der Waals surface area contributed by atoms with E-state index >= 15 is 0 Å². The van der Waals surface area contributed by atoms with Crippen molar-refractivity contribution >= 4 is 16.2 Å². The fraction of sp³-hybridized carbons (Fsp3) is 0.857. The van der Waals surface area contributed by atoms with E-state index in [1.165, 1.54) is 16.3 Å². The fourth-order valence-electron chi connectivity index (χ4n) is 0.643. The van der Waals surface area contributed by atoms with Crippen LogP contribution in [0.1, 0.15) is 26.7 Å². The average molecular weight is 160 g/mol. The lowest BCUT2D eigenvalue weighted by Crippen LogP contribution is -2.10. The SMILES string of the molecule is CC(C)OC(=O)CCC[SiH3]. The zero-order chi connectivity index (χ0) is 7.98. The zero-order valence-corrected chi connectivity index (χ0v) is 9.02. The van der Waals surface area contributed by atoms with Gasteiger partial charge in [0.25, 0.3) is 0 Å². The standard InChI is InChI=1S/C7H16O2Si/c1-6(2)9-7(8)4-3-5-10/h6H,3-5H2,1-2,10H3. The molecule has 0 heterocycles. The molecule has 0 aliphatic rings. The summed E-state index contributed by atoms with van der Waals surface area (Å²) in [4.78, 5) is 10.8. The molecule has 60 valence electrons. The molecule has 10 heavy (non-hydrogen) atoms. The maximum Gasteiger partial charge on any atom is 0.306 e. The van der Waals surface area contributed by atoms with Gasteiger partial charge in [0.2, 0.25) is 0 Å². The van der Waals surface area contributed by atoms with Gasteiger partial charge in [-0.25, -0.2) is 0 Å². The van der Waals surface area contributed by atoms with Gasteiger partial charge in [-0.1, -0.05) is 6.04 Å². The van der Waals surface area contributed by atoms with Crippen molar-refractivity contribution in [2.24, 2.45) is 0 Å². The summed E-state index contributed by atoms with van der Waals surface area (Å²) in [5, 5.41) is 0. The largest absolute Gasteiger partial charge is 0.463 e. The van der Waals surface area contributed by atoms with E-state index in [0.29, 0.717) is 6.42 Å². The molecule has 0 aromatic heterocycles. The normalized spacial score (nSPS) is 10.3. The van der Waals surface area contributed by atoms with E-state index in [1.54, 1.807) is 0 Å². The quantitative estimate of drug-likeness (QED) is 0.442. The molecule has 0 radical (unpaired) electrons. The molecule has 3 heteroatoms. The molecule has 0 bridgehead atoms. The minimum absolute atomic E-state index is 0.0431. The van der Waals surface area contributed by atoms with Gasteiger partial charge in [0.05, 0.1) is 6.10 Å². The summed E-state index contributed by atoms with van der Waals surface area (Å²) < 4.78 is 4.93. The molecule has 0 amide bonds. The third-order valence-electron chi connectivity index (χ3n) is 1.10. The van der Waals surface area contributed by atoms with Crippen molar-refractivity contribution in [3.05, 3.63) is 0 Å². The van der Waals surface area contributed by atoms with Crippen molar-refractivity contribution in [2.45, 2.75) is 38.8 Å². The number of hydrogen-bond donors (Lipinski definition) is 0. The summed E-state index contributed by atoms with van der Waals surface area (Å²) in [7, 11) is 1.19. The second-order valence-corrected chi connectivity index (χ2v) is 3.64. The number of esters is 1. The van der Waals surface area contributed by atoms with E-state index in [1.807, 2.05) is 13.8 Å². The smallest absolute Gasteiger partial charge is 0.306 e. The van der Waals surface area contributed by atoms with Crippen LogP contribution in [-0.2, 0) is 9.53 Å². The first-order valence-corrected chi connectivity index (χ1v) is 5.27. The van der Waals surface area contributed by atoms with Gasteiger partial charge in [0, 0.05) is 16.7 Å². The van der Waals surface area contributed by atoms with E-state index in [0.717, 1.165) is 6.42 Å². The average Bonchev–Trinajstić information content (AvgIpc) is 1.82. The highest BCUT2D eigenvalue weighted by atomic mass is 28.1. The van der Waals surface area contributed by atoms with Crippen molar-refractivity contribution in [1.29, 1.82) is 0 Å². The predicted molar refractivity (Wildman–Crippen MR) is 45.2 cm³/mol.